The van der Waals surface area contributed by atoms with E-state index in [2.05, 4.69) is 4.98 Å². The minimum atomic E-state index is -0.114. The molecule has 0 aliphatic rings. The second-order valence-corrected chi connectivity index (χ2v) is 4.29. The standard InChI is InChI=1S/C15H11NO3/c17-9-5-6-11(14(18)7-9)13-8-15(19)10-3-1-2-4-12(10)16-13/h1-8,17-18H,(H,16,19). The molecule has 0 amide bonds. The van der Waals surface area contributed by atoms with E-state index in [0.717, 1.165) is 0 Å². The van der Waals surface area contributed by atoms with Crippen LogP contribution in [0.3, 0.4) is 0 Å². The Bertz CT molecular complexity index is 821. The molecular weight excluding hydrogens is 242 g/mol. The number of fused-ring (bicyclic) bond motifs is 1. The highest BCUT2D eigenvalue weighted by atomic mass is 16.3. The van der Waals surface area contributed by atoms with Gasteiger partial charge in [-0.15, -0.1) is 0 Å². The largest absolute Gasteiger partial charge is 0.508 e. The molecule has 1 heterocycles. The summed E-state index contributed by atoms with van der Waals surface area (Å²) >= 11 is 0. The van der Waals surface area contributed by atoms with Crippen LogP contribution in [0.1, 0.15) is 0 Å². The third-order valence-electron chi connectivity index (χ3n) is 3.01. The first-order valence-corrected chi connectivity index (χ1v) is 5.79. The Morgan fingerprint density at radius 2 is 1.74 bits per heavy atom. The lowest BCUT2D eigenvalue weighted by molar-refractivity contribution is 0.452. The van der Waals surface area contributed by atoms with E-state index in [1.165, 1.54) is 18.2 Å². The van der Waals surface area contributed by atoms with E-state index in [0.29, 0.717) is 22.2 Å². The Morgan fingerprint density at radius 3 is 2.53 bits per heavy atom. The zero-order valence-corrected chi connectivity index (χ0v) is 9.92. The van der Waals surface area contributed by atoms with Gasteiger partial charge in [0.1, 0.15) is 11.5 Å². The topological polar surface area (TPSA) is 73.3 Å². The highest BCUT2D eigenvalue weighted by Crippen LogP contribution is 2.30. The molecule has 3 aromatic rings. The van der Waals surface area contributed by atoms with Gasteiger partial charge in [-0.2, -0.15) is 0 Å². The lowest BCUT2D eigenvalue weighted by Gasteiger charge is -2.07. The lowest BCUT2D eigenvalue weighted by Crippen LogP contribution is -2.02. The number of H-pyrrole nitrogens is 1. The summed E-state index contributed by atoms with van der Waals surface area (Å²) in [6.07, 6.45) is 0. The smallest absolute Gasteiger partial charge is 0.190 e. The molecule has 94 valence electrons. The van der Waals surface area contributed by atoms with Gasteiger partial charge >= 0.3 is 0 Å². The molecule has 0 saturated carbocycles. The first-order chi connectivity index (χ1) is 9.15. The van der Waals surface area contributed by atoms with Gasteiger partial charge in [0.05, 0.1) is 5.69 Å². The fraction of sp³-hybridized carbons (Fsp3) is 0. The third-order valence-corrected chi connectivity index (χ3v) is 3.01. The fourth-order valence-electron chi connectivity index (χ4n) is 2.09. The van der Waals surface area contributed by atoms with E-state index in [1.807, 2.05) is 6.07 Å². The number of phenolic OH excluding ortho intramolecular Hbond substituents is 2. The van der Waals surface area contributed by atoms with Crippen LogP contribution in [-0.4, -0.2) is 15.2 Å². The van der Waals surface area contributed by atoms with E-state index in [1.54, 1.807) is 24.3 Å². The predicted molar refractivity (Wildman–Crippen MR) is 73.3 cm³/mol. The maximum atomic E-state index is 12.0. The average molecular weight is 253 g/mol. The van der Waals surface area contributed by atoms with Crippen molar-refractivity contribution in [3.05, 3.63) is 58.8 Å². The summed E-state index contributed by atoms with van der Waals surface area (Å²) in [5, 5.41) is 19.7. The summed E-state index contributed by atoms with van der Waals surface area (Å²) in [7, 11) is 0. The van der Waals surface area contributed by atoms with Gasteiger partial charge in [-0.05, 0) is 24.3 Å². The van der Waals surface area contributed by atoms with E-state index in [9.17, 15) is 15.0 Å². The Kier molecular flexibility index (Phi) is 2.49. The molecule has 3 N–H and O–H groups in total. The number of hydrogen-bond acceptors (Lipinski definition) is 3. The van der Waals surface area contributed by atoms with Crippen molar-refractivity contribution in [2.45, 2.75) is 0 Å². The van der Waals surface area contributed by atoms with Crippen LogP contribution in [0.25, 0.3) is 22.2 Å². The molecule has 0 bridgehead atoms. The average Bonchev–Trinajstić information content (AvgIpc) is 2.38. The maximum Gasteiger partial charge on any atom is 0.190 e. The van der Waals surface area contributed by atoms with Crippen LogP contribution >= 0.6 is 0 Å². The third kappa shape index (κ3) is 1.93. The van der Waals surface area contributed by atoms with E-state index < -0.39 is 0 Å². The lowest BCUT2D eigenvalue weighted by atomic mass is 10.1. The number of rotatable bonds is 1. The fourth-order valence-corrected chi connectivity index (χ4v) is 2.09. The Morgan fingerprint density at radius 1 is 0.947 bits per heavy atom. The molecule has 0 radical (unpaired) electrons. The van der Waals surface area contributed by atoms with Gasteiger partial charge in [-0.1, -0.05) is 12.1 Å². The van der Waals surface area contributed by atoms with Gasteiger partial charge in [0.25, 0.3) is 0 Å². The van der Waals surface area contributed by atoms with Crippen molar-refractivity contribution < 1.29 is 10.2 Å². The maximum absolute atomic E-state index is 12.0. The summed E-state index contributed by atoms with van der Waals surface area (Å²) in [5.74, 6) is -0.102. The van der Waals surface area contributed by atoms with Crippen LogP contribution in [0.5, 0.6) is 11.5 Å². The first kappa shape index (κ1) is 11.3. The van der Waals surface area contributed by atoms with Crippen molar-refractivity contribution in [3.8, 4) is 22.8 Å². The van der Waals surface area contributed by atoms with Gasteiger partial charge in [-0.25, -0.2) is 0 Å². The molecule has 0 unspecified atom stereocenters. The van der Waals surface area contributed by atoms with Crippen LogP contribution in [-0.2, 0) is 0 Å². The zero-order valence-electron chi connectivity index (χ0n) is 9.92. The molecule has 0 aliphatic heterocycles. The van der Waals surface area contributed by atoms with Crippen molar-refractivity contribution >= 4 is 10.9 Å². The molecule has 4 heteroatoms. The summed E-state index contributed by atoms with van der Waals surface area (Å²) < 4.78 is 0. The van der Waals surface area contributed by atoms with Crippen molar-refractivity contribution in [2.75, 3.05) is 0 Å². The number of aromatic nitrogens is 1. The van der Waals surface area contributed by atoms with Gasteiger partial charge < -0.3 is 15.2 Å². The van der Waals surface area contributed by atoms with Crippen LogP contribution in [0.15, 0.2) is 53.3 Å². The molecular formula is C15H11NO3. The molecule has 0 aliphatic carbocycles. The number of nitrogens with one attached hydrogen (secondary N) is 1. The van der Waals surface area contributed by atoms with Gasteiger partial charge in [-0.3, -0.25) is 4.79 Å². The van der Waals surface area contributed by atoms with Crippen LogP contribution in [0, 0.1) is 0 Å². The molecule has 0 saturated heterocycles. The molecule has 2 aromatic carbocycles. The minimum absolute atomic E-state index is 0.0237. The molecule has 4 nitrogen and oxygen atoms in total. The monoisotopic (exact) mass is 253 g/mol. The summed E-state index contributed by atoms with van der Waals surface area (Å²) in [4.78, 5) is 15.1. The van der Waals surface area contributed by atoms with Crippen molar-refractivity contribution in [3.63, 3.8) is 0 Å². The highest BCUT2D eigenvalue weighted by molar-refractivity contribution is 5.82. The number of hydrogen-bond donors (Lipinski definition) is 3. The Labute approximate surface area is 108 Å². The number of benzene rings is 2. The number of para-hydroxylation sites is 1. The number of phenols is 2. The van der Waals surface area contributed by atoms with Gasteiger partial charge in [0.2, 0.25) is 0 Å². The molecule has 0 spiro atoms. The highest BCUT2D eigenvalue weighted by Gasteiger charge is 2.08. The molecule has 19 heavy (non-hydrogen) atoms. The van der Waals surface area contributed by atoms with Gasteiger partial charge in [0.15, 0.2) is 5.43 Å². The molecule has 0 atom stereocenters. The van der Waals surface area contributed by atoms with E-state index in [4.69, 9.17) is 0 Å². The van der Waals surface area contributed by atoms with E-state index in [-0.39, 0.29) is 16.9 Å². The predicted octanol–water partition coefficient (Wildman–Crippen LogP) is 2.61. The quantitative estimate of drug-likeness (QED) is 0.624. The molecule has 0 fully saturated rings. The Hall–Kier alpha value is -2.75. The summed E-state index contributed by atoms with van der Waals surface area (Å²) in [6.45, 7) is 0. The van der Waals surface area contributed by atoms with Crippen LogP contribution < -0.4 is 5.43 Å². The minimum Gasteiger partial charge on any atom is -0.508 e. The number of pyridine rings is 1. The van der Waals surface area contributed by atoms with Crippen LogP contribution in [0.2, 0.25) is 0 Å². The van der Waals surface area contributed by atoms with Crippen LogP contribution in [0.4, 0.5) is 0 Å². The second kappa shape index (κ2) is 4.17. The summed E-state index contributed by atoms with van der Waals surface area (Å²) in [6, 6.07) is 12.9. The number of aromatic amines is 1. The second-order valence-electron chi connectivity index (χ2n) is 4.29. The van der Waals surface area contributed by atoms with Crippen molar-refractivity contribution in [1.82, 2.24) is 4.98 Å². The Balaban J connectivity index is 2.28. The van der Waals surface area contributed by atoms with E-state index >= 15 is 0 Å². The molecule has 3 rings (SSSR count). The van der Waals surface area contributed by atoms with Crippen molar-refractivity contribution in [2.24, 2.45) is 0 Å². The van der Waals surface area contributed by atoms with Crippen molar-refractivity contribution in [1.29, 1.82) is 0 Å². The first-order valence-electron chi connectivity index (χ1n) is 5.79. The molecule has 1 aromatic heterocycles. The summed E-state index contributed by atoms with van der Waals surface area (Å²) in [5.41, 5.74) is 1.58. The normalized spacial score (nSPS) is 10.7. The zero-order chi connectivity index (χ0) is 13.4. The number of aromatic hydroxyl groups is 2. The van der Waals surface area contributed by atoms with Gasteiger partial charge in [0, 0.05) is 28.6 Å². The SMILES string of the molecule is O=c1cc(-c2ccc(O)cc2O)[nH]c2ccccc12.